The van der Waals surface area contributed by atoms with Crippen molar-refractivity contribution in [2.24, 2.45) is 0 Å². The summed E-state index contributed by atoms with van der Waals surface area (Å²) in [6.45, 7) is 0.761. The molecule has 0 bridgehead atoms. The maximum absolute atomic E-state index is 12.7. The van der Waals surface area contributed by atoms with Gasteiger partial charge in [0.2, 0.25) is 5.91 Å². The Morgan fingerprint density at radius 3 is 2.33 bits per heavy atom. The second kappa shape index (κ2) is 9.09. The molecule has 0 aliphatic heterocycles. The average Bonchev–Trinajstić information content (AvgIpc) is 3.24. The molecule has 150 valence electrons. The van der Waals surface area contributed by atoms with E-state index in [0.29, 0.717) is 0 Å². The van der Waals surface area contributed by atoms with Crippen LogP contribution in [0.15, 0.2) is 97.3 Å². The molecule has 0 aliphatic carbocycles. The zero-order valence-electron chi connectivity index (χ0n) is 16.9. The largest absolute Gasteiger partial charge is 0.369 e. The summed E-state index contributed by atoms with van der Waals surface area (Å²) in [5.74, 6) is -0.0665. The van der Waals surface area contributed by atoms with Crippen molar-refractivity contribution in [3.8, 4) is 5.69 Å². The Morgan fingerprint density at radius 1 is 0.900 bits per heavy atom. The second-order valence-electron chi connectivity index (χ2n) is 7.21. The summed E-state index contributed by atoms with van der Waals surface area (Å²) < 4.78 is 1.78. The Balaban J connectivity index is 1.43. The molecule has 0 saturated heterocycles. The van der Waals surface area contributed by atoms with E-state index in [-0.39, 0.29) is 12.3 Å². The van der Waals surface area contributed by atoms with Gasteiger partial charge in [0.1, 0.15) is 0 Å². The molecular formula is C25H24N4O. The number of benzene rings is 3. The predicted octanol–water partition coefficient (Wildman–Crippen LogP) is 4.69. The molecule has 0 fully saturated rings. The first-order chi connectivity index (χ1) is 14.7. The molecule has 4 rings (SSSR count). The van der Waals surface area contributed by atoms with Gasteiger partial charge in [0.25, 0.3) is 0 Å². The molecule has 0 saturated carbocycles. The van der Waals surface area contributed by atoms with Crippen LogP contribution in [0.5, 0.6) is 0 Å². The first-order valence-corrected chi connectivity index (χ1v) is 9.92. The number of nitrogens with zero attached hydrogens (tertiary/aromatic N) is 3. The Labute approximate surface area is 176 Å². The Morgan fingerprint density at radius 2 is 1.57 bits per heavy atom. The van der Waals surface area contributed by atoms with Crippen LogP contribution in [0, 0.1) is 0 Å². The van der Waals surface area contributed by atoms with Crippen molar-refractivity contribution in [2.75, 3.05) is 17.3 Å². The highest BCUT2D eigenvalue weighted by atomic mass is 16.1. The smallest absolute Gasteiger partial charge is 0.228 e. The fraction of sp³-hybridized carbons (Fsp3) is 0.120. The van der Waals surface area contributed by atoms with Crippen molar-refractivity contribution in [1.29, 1.82) is 0 Å². The Kier molecular flexibility index (Phi) is 5.90. The number of rotatable bonds is 7. The number of anilines is 2. The molecule has 5 heteroatoms. The van der Waals surface area contributed by atoms with E-state index in [2.05, 4.69) is 27.4 Å². The average molecular weight is 396 g/mol. The molecule has 0 unspecified atom stereocenters. The summed E-state index contributed by atoms with van der Waals surface area (Å²) in [5, 5.41) is 7.42. The Hall–Kier alpha value is -3.86. The van der Waals surface area contributed by atoms with Gasteiger partial charge in [-0.3, -0.25) is 4.79 Å². The van der Waals surface area contributed by atoms with Crippen molar-refractivity contribution in [1.82, 2.24) is 9.78 Å². The normalized spacial score (nSPS) is 10.6. The van der Waals surface area contributed by atoms with Crippen LogP contribution in [0.1, 0.15) is 11.1 Å². The minimum Gasteiger partial charge on any atom is -0.369 e. The van der Waals surface area contributed by atoms with Crippen LogP contribution in [-0.4, -0.2) is 22.7 Å². The summed E-state index contributed by atoms with van der Waals surface area (Å²) in [6.07, 6.45) is 3.89. The van der Waals surface area contributed by atoms with Gasteiger partial charge in [-0.25, -0.2) is 4.68 Å². The molecule has 0 spiro atoms. The summed E-state index contributed by atoms with van der Waals surface area (Å²) in [5.41, 5.74) is 4.84. The topological polar surface area (TPSA) is 50.2 Å². The van der Waals surface area contributed by atoms with E-state index in [1.807, 2.05) is 86.0 Å². The van der Waals surface area contributed by atoms with Crippen molar-refractivity contribution < 1.29 is 4.79 Å². The first kappa shape index (κ1) is 19.5. The van der Waals surface area contributed by atoms with Crippen LogP contribution < -0.4 is 10.2 Å². The van der Waals surface area contributed by atoms with Gasteiger partial charge in [-0.05, 0) is 35.4 Å². The molecule has 3 aromatic carbocycles. The third kappa shape index (κ3) is 4.75. The van der Waals surface area contributed by atoms with Gasteiger partial charge in [0.05, 0.1) is 29.7 Å². The maximum Gasteiger partial charge on any atom is 0.228 e. The van der Waals surface area contributed by atoms with Crippen LogP contribution >= 0.6 is 0 Å². The Bertz CT molecular complexity index is 1110. The SMILES string of the molecule is CN(Cc1ccccc1)c1ccccc1NC(=O)Cc1cnn(-c2ccccc2)c1. The van der Waals surface area contributed by atoms with Gasteiger partial charge in [0, 0.05) is 19.8 Å². The van der Waals surface area contributed by atoms with Crippen LogP contribution in [0.2, 0.25) is 0 Å². The fourth-order valence-corrected chi connectivity index (χ4v) is 3.41. The highest BCUT2D eigenvalue weighted by Crippen LogP contribution is 2.26. The zero-order valence-corrected chi connectivity index (χ0v) is 16.9. The van der Waals surface area contributed by atoms with Crippen LogP contribution in [0.3, 0.4) is 0 Å². The lowest BCUT2D eigenvalue weighted by Gasteiger charge is -2.22. The number of nitrogens with one attached hydrogen (secondary N) is 1. The van der Waals surface area contributed by atoms with E-state index >= 15 is 0 Å². The summed E-state index contributed by atoms with van der Waals surface area (Å²) in [6, 6.07) is 28.0. The molecule has 0 radical (unpaired) electrons. The number of aromatic nitrogens is 2. The van der Waals surface area contributed by atoms with E-state index in [1.165, 1.54) is 5.56 Å². The number of hydrogen-bond acceptors (Lipinski definition) is 3. The van der Waals surface area contributed by atoms with E-state index in [1.54, 1.807) is 10.9 Å². The first-order valence-electron chi connectivity index (χ1n) is 9.92. The highest BCUT2D eigenvalue weighted by Gasteiger charge is 2.12. The molecule has 1 heterocycles. The lowest BCUT2D eigenvalue weighted by Crippen LogP contribution is -2.20. The fourth-order valence-electron chi connectivity index (χ4n) is 3.41. The van der Waals surface area contributed by atoms with Gasteiger partial charge in [-0.15, -0.1) is 0 Å². The number of carbonyl (C=O) groups excluding carboxylic acids is 1. The summed E-state index contributed by atoms with van der Waals surface area (Å²) in [4.78, 5) is 14.8. The van der Waals surface area contributed by atoms with E-state index in [0.717, 1.165) is 29.2 Å². The summed E-state index contributed by atoms with van der Waals surface area (Å²) in [7, 11) is 2.03. The third-order valence-electron chi connectivity index (χ3n) is 4.87. The van der Waals surface area contributed by atoms with E-state index in [4.69, 9.17) is 0 Å². The van der Waals surface area contributed by atoms with Crippen molar-refractivity contribution in [2.45, 2.75) is 13.0 Å². The minimum atomic E-state index is -0.0665. The molecule has 0 atom stereocenters. The van der Waals surface area contributed by atoms with Gasteiger partial charge in [0.15, 0.2) is 0 Å². The monoisotopic (exact) mass is 396 g/mol. The van der Waals surface area contributed by atoms with Crippen molar-refractivity contribution >= 4 is 17.3 Å². The molecule has 5 nitrogen and oxygen atoms in total. The molecule has 1 aromatic heterocycles. The van der Waals surface area contributed by atoms with E-state index < -0.39 is 0 Å². The van der Waals surface area contributed by atoms with Gasteiger partial charge in [-0.1, -0.05) is 60.7 Å². The third-order valence-corrected chi connectivity index (χ3v) is 4.87. The quantitative estimate of drug-likeness (QED) is 0.493. The summed E-state index contributed by atoms with van der Waals surface area (Å²) >= 11 is 0. The highest BCUT2D eigenvalue weighted by molar-refractivity contribution is 5.95. The number of amides is 1. The molecular weight excluding hydrogens is 372 g/mol. The van der Waals surface area contributed by atoms with Crippen molar-refractivity contribution in [3.63, 3.8) is 0 Å². The van der Waals surface area contributed by atoms with Gasteiger partial charge in [-0.2, -0.15) is 5.10 Å². The number of carbonyl (C=O) groups is 1. The lowest BCUT2D eigenvalue weighted by molar-refractivity contribution is -0.115. The molecule has 1 N–H and O–H groups in total. The van der Waals surface area contributed by atoms with Gasteiger partial charge >= 0.3 is 0 Å². The molecule has 30 heavy (non-hydrogen) atoms. The standard InChI is InChI=1S/C25H24N4O/c1-28(18-20-10-4-2-5-11-20)24-15-9-8-14-23(24)27-25(30)16-21-17-26-29(19-21)22-12-6-3-7-13-22/h2-15,17,19H,16,18H2,1H3,(H,27,30). The molecule has 0 aliphatic rings. The van der Waals surface area contributed by atoms with E-state index in [9.17, 15) is 4.79 Å². The zero-order chi connectivity index (χ0) is 20.8. The maximum atomic E-state index is 12.7. The minimum absolute atomic E-state index is 0.0665. The number of hydrogen-bond donors (Lipinski definition) is 1. The van der Waals surface area contributed by atoms with Crippen molar-refractivity contribution in [3.05, 3.63) is 108 Å². The second-order valence-corrected chi connectivity index (χ2v) is 7.21. The number of para-hydroxylation sites is 3. The van der Waals surface area contributed by atoms with Crippen LogP contribution in [-0.2, 0) is 17.8 Å². The molecule has 1 amide bonds. The van der Waals surface area contributed by atoms with Crippen LogP contribution in [0.4, 0.5) is 11.4 Å². The predicted molar refractivity (Wildman–Crippen MR) is 121 cm³/mol. The van der Waals surface area contributed by atoms with Crippen LogP contribution in [0.25, 0.3) is 5.69 Å². The lowest BCUT2D eigenvalue weighted by atomic mass is 10.2. The molecule has 4 aromatic rings. The van der Waals surface area contributed by atoms with Gasteiger partial charge < -0.3 is 10.2 Å².